The third-order valence-corrected chi connectivity index (χ3v) is 4.71. The van der Waals surface area contributed by atoms with E-state index in [0.717, 1.165) is 10.7 Å². The summed E-state index contributed by atoms with van der Waals surface area (Å²) in [6, 6.07) is 8.20. The molecule has 0 saturated heterocycles. The van der Waals surface area contributed by atoms with Gasteiger partial charge in [0.1, 0.15) is 5.01 Å². The van der Waals surface area contributed by atoms with Crippen LogP contribution in [0.25, 0.3) is 4.96 Å². The fourth-order valence-corrected chi connectivity index (χ4v) is 3.40. The molecule has 0 fully saturated rings. The van der Waals surface area contributed by atoms with Gasteiger partial charge in [-0.2, -0.15) is 9.61 Å². The third kappa shape index (κ3) is 3.33. The van der Waals surface area contributed by atoms with Crippen molar-refractivity contribution in [3.8, 4) is 0 Å². The molecule has 5 nitrogen and oxygen atoms in total. The van der Waals surface area contributed by atoms with Gasteiger partial charge in [-0.15, -0.1) is 0 Å². The Balaban J connectivity index is 1.80. The molecule has 0 bridgehead atoms. The van der Waals surface area contributed by atoms with E-state index < -0.39 is 0 Å². The summed E-state index contributed by atoms with van der Waals surface area (Å²) in [5, 5.41) is 8.45. The minimum Gasteiger partial charge on any atom is -0.305 e. The maximum absolute atomic E-state index is 12.1. The predicted molar refractivity (Wildman–Crippen MR) is 93.0 cm³/mol. The smallest absolute Gasteiger partial charge is 0.275 e. The minimum atomic E-state index is -0.129. The Morgan fingerprint density at radius 2 is 2.04 bits per heavy atom. The van der Waals surface area contributed by atoms with E-state index in [2.05, 4.69) is 54.4 Å². The maximum Gasteiger partial charge on any atom is 0.275 e. The highest BCUT2D eigenvalue weighted by atomic mass is 32.1. The van der Waals surface area contributed by atoms with Crippen LogP contribution in [0.1, 0.15) is 40.4 Å². The molecule has 6 heteroatoms. The fraction of sp³-hybridized carbons (Fsp3) is 0.353. The number of aromatic nitrogens is 3. The van der Waals surface area contributed by atoms with Crippen molar-refractivity contribution in [2.24, 2.45) is 0 Å². The lowest BCUT2D eigenvalue weighted by atomic mass is 10.00. The van der Waals surface area contributed by atoms with E-state index >= 15 is 0 Å². The standard InChI is InChI=1S/C17H20N4OS/c1-10-5-6-11(2)15(7-10)12(3)18-9-14-8-16(22)21-17(19-14)23-13(4)20-21/h5-8,12,18H,9H2,1-4H3/t12-/m1/s1. The topological polar surface area (TPSA) is 59.3 Å². The molecule has 0 aliphatic carbocycles. The first-order chi connectivity index (χ1) is 10.9. The Labute approximate surface area is 139 Å². The summed E-state index contributed by atoms with van der Waals surface area (Å²) in [6.45, 7) is 8.77. The molecule has 1 aromatic carbocycles. The summed E-state index contributed by atoms with van der Waals surface area (Å²) in [5.41, 5.74) is 4.40. The number of nitrogens with one attached hydrogen (secondary N) is 1. The number of hydrogen-bond donors (Lipinski definition) is 1. The quantitative estimate of drug-likeness (QED) is 0.800. The van der Waals surface area contributed by atoms with Crippen molar-refractivity contribution in [2.45, 2.75) is 40.3 Å². The number of aryl methyl sites for hydroxylation is 3. The number of fused-ring (bicyclic) bond motifs is 1. The van der Waals surface area contributed by atoms with Gasteiger partial charge >= 0.3 is 0 Å². The van der Waals surface area contributed by atoms with Crippen molar-refractivity contribution < 1.29 is 0 Å². The Morgan fingerprint density at radius 1 is 1.26 bits per heavy atom. The molecular weight excluding hydrogens is 308 g/mol. The van der Waals surface area contributed by atoms with Crippen LogP contribution in [0.15, 0.2) is 29.1 Å². The van der Waals surface area contributed by atoms with Crippen LogP contribution < -0.4 is 10.9 Å². The average Bonchev–Trinajstić information content (AvgIpc) is 2.88. The maximum atomic E-state index is 12.1. The SMILES string of the molecule is Cc1ccc(C)c([C@@H](C)NCc2cc(=O)n3nc(C)sc3n2)c1. The van der Waals surface area contributed by atoms with E-state index in [1.807, 2.05) is 6.92 Å². The zero-order valence-electron chi connectivity index (χ0n) is 13.8. The zero-order chi connectivity index (χ0) is 16.6. The second-order valence-corrected chi connectivity index (χ2v) is 7.02. The van der Waals surface area contributed by atoms with E-state index in [4.69, 9.17) is 0 Å². The van der Waals surface area contributed by atoms with Crippen LogP contribution in [0.4, 0.5) is 0 Å². The molecule has 0 radical (unpaired) electrons. The first-order valence-electron chi connectivity index (χ1n) is 7.61. The van der Waals surface area contributed by atoms with Gasteiger partial charge in [-0.05, 0) is 38.8 Å². The largest absolute Gasteiger partial charge is 0.305 e. The lowest BCUT2D eigenvalue weighted by molar-refractivity contribution is 0.564. The monoisotopic (exact) mass is 328 g/mol. The van der Waals surface area contributed by atoms with E-state index in [-0.39, 0.29) is 11.6 Å². The van der Waals surface area contributed by atoms with Gasteiger partial charge in [0.15, 0.2) is 0 Å². The van der Waals surface area contributed by atoms with Crippen LogP contribution in [0.3, 0.4) is 0 Å². The van der Waals surface area contributed by atoms with E-state index in [1.165, 1.54) is 32.5 Å². The minimum absolute atomic E-state index is 0.129. The van der Waals surface area contributed by atoms with Crippen molar-refractivity contribution in [1.29, 1.82) is 0 Å². The van der Waals surface area contributed by atoms with Gasteiger partial charge in [-0.1, -0.05) is 35.1 Å². The van der Waals surface area contributed by atoms with Gasteiger partial charge in [0.05, 0.1) is 5.69 Å². The summed E-state index contributed by atoms with van der Waals surface area (Å²) in [7, 11) is 0. The van der Waals surface area contributed by atoms with Gasteiger partial charge in [0.2, 0.25) is 4.96 Å². The number of benzene rings is 1. The van der Waals surface area contributed by atoms with Crippen molar-refractivity contribution in [3.05, 3.63) is 62.0 Å². The molecule has 0 aliphatic rings. The van der Waals surface area contributed by atoms with Crippen LogP contribution in [0.2, 0.25) is 0 Å². The van der Waals surface area contributed by atoms with Crippen molar-refractivity contribution in [3.63, 3.8) is 0 Å². The molecule has 120 valence electrons. The normalized spacial score (nSPS) is 12.7. The molecule has 0 spiro atoms. The van der Waals surface area contributed by atoms with Crippen LogP contribution in [0, 0.1) is 20.8 Å². The van der Waals surface area contributed by atoms with E-state index in [1.54, 1.807) is 6.07 Å². The molecule has 23 heavy (non-hydrogen) atoms. The highest BCUT2D eigenvalue weighted by Crippen LogP contribution is 2.19. The lowest BCUT2D eigenvalue weighted by Crippen LogP contribution is -2.22. The van der Waals surface area contributed by atoms with Crippen LogP contribution in [0.5, 0.6) is 0 Å². The Bertz CT molecular complexity index is 913. The zero-order valence-corrected chi connectivity index (χ0v) is 14.6. The molecule has 0 saturated carbocycles. The molecule has 1 N–H and O–H groups in total. The van der Waals surface area contributed by atoms with Crippen molar-refractivity contribution in [2.75, 3.05) is 0 Å². The van der Waals surface area contributed by atoms with E-state index in [9.17, 15) is 4.79 Å². The highest BCUT2D eigenvalue weighted by Gasteiger charge is 2.11. The molecule has 1 atom stereocenters. The highest BCUT2D eigenvalue weighted by molar-refractivity contribution is 7.16. The van der Waals surface area contributed by atoms with Gasteiger partial charge in [0.25, 0.3) is 5.56 Å². The Kier molecular flexibility index (Phi) is 4.28. The lowest BCUT2D eigenvalue weighted by Gasteiger charge is -2.17. The summed E-state index contributed by atoms with van der Waals surface area (Å²) in [4.78, 5) is 17.2. The van der Waals surface area contributed by atoms with Crippen LogP contribution in [-0.4, -0.2) is 14.6 Å². The summed E-state index contributed by atoms with van der Waals surface area (Å²) in [6.07, 6.45) is 0. The molecular formula is C17H20N4OS. The molecule has 2 heterocycles. The molecule has 3 rings (SSSR count). The summed E-state index contributed by atoms with van der Waals surface area (Å²) >= 11 is 1.43. The predicted octanol–water partition coefficient (Wildman–Crippen LogP) is 2.93. The van der Waals surface area contributed by atoms with Gasteiger partial charge in [-0.25, -0.2) is 4.98 Å². The third-order valence-electron chi connectivity index (χ3n) is 3.89. The van der Waals surface area contributed by atoms with Crippen molar-refractivity contribution >= 4 is 16.3 Å². The average molecular weight is 328 g/mol. The second kappa shape index (κ2) is 6.22. The van der Waals surface area contributed by atoms with Crippen LogP contribution >= 0.6 is 11.3 Å². The van der Waals surface area contributed by atoms with Crippen LogP contribution in [-0.2, 0) is 6.54 Å². The molecule has 0 aliphatic heterocycles. The summed E-state index contributed by atoms with van der Waals surface area (Å²) in [5.74, 6) is 0. The number of hydrogen-bond acceptors (Lipinski definition) is 5. The molecule has 2 aromatic heterocycles. The summed E-state index contributed by atoms with van der Waals surface area (Å²) < 4.78 is 1.36. The fourth-order valence-electron chi connectivity index (χ4n) is 2.64. The van der Waals surface area contributed by atoms with Gasteiger partial charge < -0.3 is 5.32 Å². The molecule has 0 amide bonds. The Morgan fingerprint density at radius 3 is 2.83 bits per heavy atom. The molecule has 0 unspecified atom stereocenters. The van der Waals surface area contributed by atoms with Gasteiger partial charge in [0, 0.05) is 18.7 Å². The molecule has 3 aromatic rings. The first kappa shape index (κ1) is 15.8. The van der Waals surface area contributed by atoms with E-state index in [0.29, 0.717) is 11.5 Å². The number of rotatable bonds is 4. The van der Waals surface area contributed by atoms with Gasteiger partial charge in [-0.3, -0.25) is 4.79 Å². The Hall–Kier alpha value is -2.05. The number of nitrogens with zero attached hydrogens (tertiary/aromatic N) is 3. The first-order valence-corrected chi connectivity index (χ1v) is 8.42. The van der Waals surface area contributed by atoms with Crippen molar-refractivity contribution in [1.82, 2.24) is 19.9 Å². The second-order valence-electron chi connectivity index (χ2n) is 5.86.